The monoisotopic (exact) mass is 1410 g/mol. The van der Waals surface area contributed by atoms with Crippen LogP contribution >= 0.6 is 7.14 Å². The lowest BCUT2D eigenvalue weighted by molar-refractivity contribution is -0.438. The van der Waals surface area contributed by atoms with E-state index in [1.807, 2.05) is 26.0 Å². The Labute approximate surface area is 582 Å². The molecule has 2 amide bonds. The van der Waals surface area contributed by atoms with Gasteiger partial charge in [0.25, 0.3) is 26.1 Å². The maximum atomic E-state index is 15.2. The van der Waals surface area contributed by atoms with Crippen LogP contribution in [0.2, 0.25) is 0 Å². The molecule has 4 N–H and O–H groups in total. The van der Waals surface area contributed by atoms with E-state index in [2.05, 4.69) is 89.4 Å². The smallest absolute Gasteiger partial charge is 0.338 e. The number of rotatable bonds is 35. The zero-order valence-corrected chi connectivity index (χ0v) is 59.9. The van der Waals surface area contributed by atoms with Gasteiger partial charge in [0, 0.05) is 102 Å². The van der Waals surface area contributed by atoms with Crippen LogP contribution in [0.4, 0.5) is 11.4 Å². The summed E-state index contributed by atoms with van der Waals surface area (Å²) in [6.07, 6.45) is 16.3. The van der Waals surface area contributed by atoms with Crippen molar-refractivity contribution in [1.29, 1.82) is 0 Å². The summed E-state index contributed by atoms with van der Waals surface area (Å²) >= 11 is 0. The van der Waals surface area contributed by atoms with Crippen molar-refractivity contribution >= 4 is 78.2 Å². The van der Waals surface area contributed by atoms with Gasteiger partial charge < -0.3 is 43.8 Å². The van der Waals surface area contributed by atoms with Gasteiger partial charge in [-0.15, -0.1) is 0 Å². The summed E-state index contributed by atoms with van der Waals surface area (Å²) in [5.74, 6) is -0.0794. The number of nitrogens with zero attached hydrogens (tertiary/aromatic N) is 2. The number of carbonyl (C=O) groups excluding carboxylic acids is 3. The molecule has 526 valence electrons. The second kappa shape index (κ2) is 34.3. The van der Waals surface area contributed by atoms with Crippen LogP contribution in [0.15, 0.2) is 202 Å². The molecule has 99 heavy (non-hydrogen) atoms. The zero-order valence-electron chi connectivity index (χ0n) is 57.4. The first-order valence-electron chi connectivity index (χ1n) is 33.9. The lowest BCUT2D eigenvalue weighted by Gasteiger charge is -2.27. The molecule has 19 nitrogen and oxygen atoms in total. The fourth-order valence-corrected chi connectivity index (χ4v) is 16.8. The van der Waals surface area contributed by atoms with Crippen molar-refractivity contribution in [2.45, 2.75) is 126 Å². The maximum Gasteiger partial charge on any atom is 0.338 e. The highest BCUT2D eigenvalue weighted by molar-refractivity contribution is 7.86. The quantitative estimate of drug-likeness (QED) is 0.00948. The SMILES string of the molecule is CCCC[N+]1=C(C=CC2=C(Oc3ccc(S(=O)(=O)O)cc3)C(=CC=C3N(CCCCCC(=O)NCCCOCCOCCOCCCNC(=O)c4ccc(C(=O)OC)c(P(=O)(c5ccccc5)c5ccccc5)c4)c4ccc(S(=O)(=O)O)cc4C3(C)C)CCC2)C(C)(C)c2ccccc21. The third-order valence-electron chi connectivity index (χ3n) is 18.2. The van der Waals surface area contributed by atoms with Gasteiger partial charge in [-0.1, -0.05) is 119 Å². The molecule has 3 aliphatic rings. The molecule has 22 heteroatoms. The number of para-hydroxylation sites is 1. The molecule has 0 saturated carbocycles. The summed E-state index contributed by atoms with van der Waals surface area (Å²) in [6.45, 7) is 15.2. The first-order chi connectivity index (χ1) is 47.5. The number of esters is 1. The Morgan fingerprint density at radius 1 is 0.636 bits per heavy atom. The van der Waals surface area contributed by atoms with Crippen molar-refractivity contribution in [3.05, 3.63) is 215 Å². The molecule has 2 heterocycles. The molecule has 1 aliphatic carbocycles. The average Bonchev–Trinajstić information content (AvgIpc) is 1.48. The number of hydrogen-bond donors (Lipinski definition) is 4. The zero-order chi connectivity index (χ0) is 70.8. The van der Waals surface area contributed by atoms with Crippen molar-refractivity contribution in [2.24, 2.45) is 0 Å². The number of benzene rings is 6. The minimum Gasteiger partial charge on any atom is -0.465 e. The van der Waals surface area contributed by atoms with E-state index in [0.29, 0.717) is 126 Å². The van der Waals surface area contributed by atoms with Gasteiger partial charge in [0.15, 0.2) is 12.9 Å². The number of methoxy groups -OCH3 is 1. The van der Waals surface area contributed by atoms with E-state index in [4.69, 9.17) is 23.7 Å². The number of ether oxygens (including phenoxy) is 5. The number of fused-ring (bicyclic) bond motifs is 2. The fourth-order valence-electron chi connectivity index (χ4n) is 12.9. The predicted molar refractivity (Wildman–Crippen MR) is 387 cm³/mol. The van der Waals surface area contributed by atoms with Gasteiger partial charge in [-0.05, 0) is 148 Å². The van der Waals surface area contributed by atoms with Crippen LogP contribution in [0.25, 0.3) is 0 Å². The fraction of sp³-hybridized carbons (Fsp3) is 0.377. The normalized spacial score (nSPS) is 16.0. The molecule has 0 bridgehead atoms. The number of unbranched alkanes of at least 4 members (excludes halogenated alkanes) is 3. The highest BCUT2D eigenvalue weighted by Crippen LogP contribution is 2.50. The Bertz CT molecular complexity index is 4260. The molecule has 0 aromatic heterocycles. The van der Waals surface area contributed by atoms with Crippen LogP contribution in [0.3, 0.4) is 0 Å². The molecular formula is C77H92N4O15PS2+. The molecule has 0 radical (unpaired) electrons. The van der Waals surface area contributed by atoms with Crippen molar-refractivity contribution in [1.82, 2.24) is 10.6 Å². The van der Waals surface area contributed by atoms with E-state index in [1.165, 1.54) is 78.7 Å². The summed E-state index contributed by atoms with van der Waals surface area (Å²) in [5, 5.41) is 7.14. The molecule has 9 rings (SSSR count). The van der Waals surface area contributed by atoms with Gasteiger partial charge in [-0.2, -0.15) is 21.4 Å². The molecular weight excluding hydrogens is 1320 g/mol. The molecule has 0 saturated heterocycles. The number of allylic oxidation sites excluding steroid dienone is 7. The number of anilines is 1. The summed E-state index contributed by atoms with van der Waals surface area (Å²) < 4.78 is 116. The van der Waals surface area contributed by atoms with E-state index in [9.17, 15) is 40.3 Å². The van der Waals surface area contributed by atoms with Crippen molar-refractivity contribution in [2.75, 3.05) is 77.8 Å². The van der Waals surface area contributed by atoms with Crippen LogP contribution in [-0.2, 0) is 59.4 Å². The highest BCUT2D eigenvalue weighted by atomic mass is 32.2. The third-order valence-corrected chi connectivity index (χ3v) is 23.0. The van der Waals surface area contributed by atoms with Crippen LogP contribution in [0, 0.1) is 0 Å². The second-order valence-electron chi connectivity index (χ2n) is 25.8. The number of nitrogens with one attached hydrogen (secondary N) is 2. The molecule has 0 spiro atoms. The molecule has 0 unspecified atom stereocenters. The Morgan fingerprint density at radius 3 is 1.89 bits per heavy atom. The van der Waals surface area contributed by atoms with E-state index in [-0.39, 0.29) is 43.5 Å². The standard InChI is InChI=1S/C77H91N4O15PS2/c1-7-8-46-80-67-30-18-17-29-65(67)76(2,3)70(80)42-33-56-23-20-24-57(73(56)96-59-35-37-62(38-36-59)98(86,87)88)34-43-71-77(4,5)66-55-63(99(89,90)91)39-41-68(66)81(71)47-19-11-16-31-72(82)78-44-21-48-93-50-52-95-53-51-94-49-22-45-79-74(83)58-32-40-64(75(84)92-6)69(54-58)97(85,60-25-12-9-13-26-60)61-27-14-10-15-28-61/h9-10,12-15,17-18,25-30,32-43,54-55H,7-8,11,16,19-24,31,44-53H2,1-6H3,(H3-,78,79,82,83,86,87,88,89,90,91)/p+1. The molecule has 0 atom stereocenters. The summed E-state index contributed by atoms with van der Waals surface area (Å²) in [7, 11) is -11.3. The second-order valence-corrected chi connectivity index (χ2v) is 31.3. The number of hydrogen-bond acceptors (Lipinski definition) is 14. The van der Waals surface area contributed by atoms with Gasteiger partial charge in [0.2, 0.25) is 11.6 Å². The highest BCUT2D eigenvalue weighted by Gasteiger charge is 2.45. The van der Waals surface area contributed by atoms with Crippen molar-refractivity contribution < 1.29 is 73.1 Å². The lowest BCUT2D eigenvalue weighted by atomic mass is 9.81. The van der Waals surface area contributed by atoms with Gasteiger partial charge >= 0.3 is 5.97 Å². The maximum absolute atomic E-state index is 15.2. The Morgan fingerprint density at radius 2 is 1.25 bits per heavy atom. The number of carbonyl (C=O) groups is 3. The van der Waals surface area contributed by atoms with E-state index in [1.54, 1.807) is 54.6 Å². The van der Waals surface area contributed by atoms with Gasteiger partial charge in [0.05, 0.1) is 54.3 Å². The average molecular weight is 1410 g/mol. The molecule has 2 aliphatic heterocycles. The van der Waals surface area contributed by atoms with E-state index >= 15 is 4.57 Å². The van der Waals surface area contributed by atoms with Crippen molar-refractivity contribution in [3.8, 4) is 5.75 Å². The van der Waals surface area contributed by atoms with Crippen LogP contribution in [0.1, 0.15) is 137 Å². The van der Waals surface area contributed by atoms with Gasteiger partial charge in [-0.25, -0.2) is 4.79 Å². The van der Waals surface area contributed by atoms with E-state index < -0.39 is 38.8 Å². The summed E-state index contributed by atoms with van der Waals surface area (Å²) in [6, 6.07) is 41.2. The predicted octanol–water partition coefficient (Wildman–Crippen LogP) is 12.4. The minimum atomic E-state index is -4.51. The van der Waals surface area contributed by atoms with E-state index in [0.717, 1.165) is 60.3 Å². The van der Waals surface area contributed by atoms with Crippen LogP contribution in [0.5, 0.6) is 5.75 Å². The largest absolute Gasteiger partial charge is 0.465 e. The molecule has 0 fully saturated rings. The first kappa shape index (κ1) is 75.1. The molecule has 6 aromatic carbocycles. The summed E-state index contributed by atoms with van der Waals surface area (Å²) in [5.41, 5.74) is 7.31. The molecule has 6 aromatic rings. The summed E-state index contributed by atoms with van der Waals surface area (Å²) in [4.78, 5) is 41.1. The number of amides is 2. The van der Waals surface area contributed by atoms with Gasteiger partial charge in [-0.3, -0.25) is 18.7 Å². The third kappa shape index (κ3) is 18.7. The van der Waals surface area contributed by atoms with Crippen LogP contribution < -0.4 is 36.2 Å². The Hall–Kier alpha value is -8.11. The topological polar surface area (TPSA) is 253 Å². The van der Waals surface area contributed by atoms with Crippen LogP contribution in [-0.4, -0.2) is 127 Å². The van der Waals surface area contributed by atoms with Gasteiger partial charge in [0.1, 0.15) is 18.1 Å². The Balaban J connectivity index is 0.727. The lowest BCUT2D eigenvalue weighted by Crippen LogP contribution is -2.31. The minimum absolute atomic E-state index is 0.0542. The van der Waals surface area contributed by atoms with Crippen molar-refractivity contribution in [3.63, 3.8) is 0 Å². The first-order valence-corrected chi connectivity index (χ1v) is 38.5. The Kier molecular flexibility index (Phi) is 26.0.